The number of carbonyl (C=O) groups is 1. The normalized spacial score (nSPS) is 10.8. The number of unbranched alkanes of at least 4 members (excludes halogenated alkanes) is 2. The lowest BCUT2D eigenvalue weighted by Gasteiger charge is -2.16. The van der Waals surface area contributed by atoms with Gasteiger partial charge in [0.05, 0.1) is 6.54 Å². The zero-order valence-electron chi connectivity index (χ0n) is 9.38. The molecule has 3 heteroatoms. The van der Waals surface area contributed by atoms with E-state index in [1.54, 1.807) is 0 Å². The molecule has 84 valence electrons. The third kappa shape index (κ3) is 8.05. The van der Waals surface area contributed by atoms with Crippen molar-refractivity contribution in [2.24, 2.45) is 0 Å². The second-order valence-electron chi connectivity index (χ2n) is 3.76. The van der Waals surface area contributed by atoms with Crippen LogP contribution in [0.5, 0.6) is 0 Å². The third-order valence-electron chi connectivity index (χ3n) is 2.35. The lowest BCUT2D eigenvalue weighted by Crippen LogP contribution is -2.33. The maximum Gasteiger partial charge on any atom is 0.317 e. The van der Waals surface area contributed by atoms with Crippen molar-refractivity contribution < 1.29 is 9.90 Å². The standard InChI is InChI=1S/C11H23NO2/c1-3-5-7-10(8-6-4-2)12-9-11(13)14/h10,12H,3-9H2,1-2H3,(H,13,14). The Labute approximate surface area is 86.9 Å². The Kier molecular flexibility index (Phi) is 8.64. The number of hydrogen-bond acceptors (Lipinski definition) is 2. The molecule has 0 heterocycles. The summed E-state index contributed by atoms with van der Waals surface area (Å²) in [5, 5.41) is 11.6. The van der Waals surface area contributed by atoms with E-state index in [4.69, 9.17) is 5.11 Å². The van der Waals surface area contributed by atoms with Crippen molar-refractivity contribution in [3.63, 3.8) is 0 Å². The Balaban J connectivity index is 3.65. The molecular weight excluding hydrogens is 178 g/mol. The van der Waals surface area contributed by atoms with Gasteiger partial charge in [0.2, 0.25) is 0 Å². The molecule has 0 fully saturated rings. The number of hydrogen-bond donors (Lipinski definition) is 2. The first kappa shape index (κ1) is 13.4. The second-order valence-corrected chi connectivity index (χ2v) is 3.76. The van der Waals surface area contributed by atoms with Crippen LogP contribution in [0.3, 0.4) is 0 Å². The van der Waals surface area contributed by atoms with Crippen molar-refractivity contribution in [1.29, 1.82) is 0 Å². The molecule has 0 spiro atoms. The van der Waals surface area contributed by atoms with E-state index in [1.165, 1.54) is 25.7 Å². The van der Waals surface area contributed by atoms with E-state index in [0.717, 1.165) is 12.8 Å². The van der Waals surface area contributed by atoms with Crippen LogP contribution in [0.2, 0.25) is 0 Å². The SMILES string of the molecule is CCCCC(CCCC)NCC(=O)O. The molecule has 0 rings (SSSR count). The Bertz CT molecular complexity index is 140. The fourth-order valence-electron chi connectivity index (χ4n) is 1.48. The van der Waals surface area contributed by atoms with Crippen LogP contribution in [0.25, 0.3) is 0 Å². The first-order chi connectivity index (χ1) is 6.70. The summed E-state index contributed by atoms with van der Waals surface area (Å²) < 4.78 is 0. The monoisotopic (exact) mass is 201 g/mol. The third-order valence-corrected chi connectivity index (χ3v) is 2.35. The first-order valence-electron chi connectivity index (χ1n) is 5.65. The maximum atomic E-state index is 10.4. The smallest absolute Gasteiger partial charge is 0.317 e. The molecule has 2 N–H and O–H groups in total. The summed E-state index contributed by atoms with van der Waals surface area (Å²) >= 11 is 0. The molecule has 0 atom stereocenters. The van der Waals surface area contributed by atoms with Gasteiger partial charge in [-0.25, -0.2) is 0 Å². The summed E-state index contributed by atoms with van der Waals surface area (Å²) in [5.74, 6) is -0.761. The molecule has 3 nitrogen and oxygen atoms in total. The molecule has 0 aliphatic rings. The first-order valence-corrected chi connectivity index (χ1v) is 5.65. The number of aliphatic carboxylic acids is 1. The van der Waals surface area contributed by atoms with Gasteiger partial charge < -0.3 is 10.4 Å². The summed E-state index contributed by atoms with van der Waals surface area (Å²) in [7, 11) is 0. The molecule has 0 saturated heterocycles. The average Bonchev–Trinajstić information content (AvgIpc) is 2.16. The molecule has 14 heavy (non-hydrogen) atoms. The van der Waals surface area contributed by atoms with Gasteiger partial charge in [0.25, 0.3) is 0 Å². The minimum Gasteiger partial charge on any atom is -0.480 e. The van der Waals surface area contributed by atoms with Crippen molar-refractivity contribution >= 4 is 5.97 Å². The fourth-order valence-corrected chi connectivity index (χ4v) is 1.48. The maximum absolute atomic E-state index is 10.4. The fraction of sp³-hybridized carbons (Fsp3) is 0.909. The summed E-state index contributed by atoms with van der Waals surface area (Å²) in [4.78, 5) is 10.4. The highest BCUT2D eigenvalue weighted by molar-refractivity contribution is 5.69. The van der Waals surface area contributed by atoms with Gasteiger partial charge in [0.15, 0.2) is 0 Å². The topological polar surface area (TPSA) is 49.3 Å². The Morgan fingerprint density at radius 1 is 1.21 bits per heavy atom. The van der Waals surface area contributed by atoms with Crippen molar-refractivity contribution in [3.8, 4) is 0 Å². The summed E-state index contributed by atoms with van der Waals surface area (Å²) in [5.41, 5.74) is 0. The average molecular weight is 201 g/mol. The molecule has 0 amide bonds. The van der Waals surface area contributed by atoms with Crippen molar-refractivity contribution in [2.45, 2.75) is 58.4 Å². The quantitative estimate of drug-likeness (QED) is 0.602. The number of carboxylic acids is 1. The molecule has 0 aliphatic heterocycles. The van der Waals surface area contributed by atoms with E-state index < -0.39 is 5.97 Å². The van der Waals surface area contributed by atoms with E-state index in [0.29, 0.717) is 6.04 Å². The Morgan fingerprint density at radius 2 is 1.71 bits per heavy atom. The highest BCUT2D eigenvalue weighted by atomic mass is 16.4. The van der Waals surface area contributed by atoms with E-state index in [2.05, 4.69) is 19.2 Å². The zero-order chi connectivity index (χ0) is 10.8. The molecule has 0 aliphatic carbocycles. The molecule has 0 unspecified atom stereocenters. The molecule has 0 bridgehead atoms. The van der Waals surface area contributed by atoms with Gasteiger partial charge in [-0.1, -0.05) is 39.5 Å². The van der Waals surface area contributed by atoms with Gasteiger partial charge in [-0.2, -0.15) is 0 Å². The van der Waals surface area contributed by atoms with Crippen LogP contribution >= 0.6 is 0 Å². The second kappa shape index (κ2) is 9.00. The molecule has 0 aromatic heterocycles. The zero-order valence-corrected chi connectivity index (χ0v) is 9.38. The van der Waals surface area contributed by atoms with Crippen LogP contribution in [-0.2, 0) is 4.79 Å². The number of rotatable bonds is 9. The van der Waals surface area contributed by atoms with Crippen LogP contribution in [0.4, 0.5) is 0 Å². The molecule has 0 radical (unpaired) electrons. The van der Waals surface area contributed by atoms with Gasteiger partial charge in [0, 0.05) is 6.04 Å². The summed E-state index contributed by atoms with van der Waals surface area (Å²) in [6.45, 7) is 4.42. The van der Waals surface area contributed by atoms with Gasteiger partial charge in [-0.15, -0.1) is 0 Å². The van der Waals surface area contributed by atoms with E-state index in [1.807, 2.05) is 0 Å². The minimum absolute atomic E-state index is 0.0953. The van der Waals surface area contributed by atoms with Crippen LogP contribution in [0, 0.1) is 0 Å². The highest BCUT2D eigenvalue weighted by Crippen LogP contribution is 2.08. The summed E-state index contributed by atoms with van der Waals surface area (Å²) in [6.07, 6.45) is 6.92. The van der Waals surface area contributed by atoms with Crippen LogP contribution in [-0.4, -0.2) is 23.7 Å². The predicted molar refractivity (Wildman–Crippen MR) is 58.5 cm³/mol. The van der Waals surface area contributed by atoms with Crippen molar-refractivity contribution in [2.75, 3.05) is 6.54 Å². The molecule has 0 aromatic carbocycles. The number of carboxylic acid groups (broad SMARTS) is 1. The van der Waals surface area contributed by atoms with Crippen LogP contribution in [0.1, 0.15) is 52.4 Å². The molecule has 0 aromatic rings. The number of nitrogens with one attached hydrogen (secondary N) is 1. The highest BCUT2D eigenvalue weighted by Gasteiger charge is 2.08. The van der Waals surface area contributed by atoms with Crippen LogP contribution < -0.4 is 5.32 Å². The van der Waals surface area contributed by atoms with Gasteiger partial charge in [-0.3, -0.25) is 4.79 Å². The van der Waals surface area contributed by atoms with Gasteiger partial charge >= 0.3 is 5.97 Å². The van der Waals surface area contributed by atoms with Crippen molar-refractivity contribution in [3.05, 3.63) is 0 Å². The van der Waals surface area contributed by atoms with E-state index >= 15 is 0 Å². The van der Waals surface area contributed by atoms with Gasteiger partial charge in [0.1, 0.15) is 0 Å². The van der Waals surface area contributed by atoms with Crippen LogP contribution in [0.15, 0.2) is 0 Å². The van der Waals surface area contributed by atoms with Gasteiger partial charge in [-0.05, 0) is 12.8 Å². The predicted octanol–water partition coefficient (Wildman–Crippen LogP) is 2.41. The largest absolute Gasteiger partial charge is 0.480 e. The molecule has 0 saturated carbocycles. The van der Waals surface area contributed by atoms with Crippen molar-refractivity contribution in [1.82, 2.24) is 5.32 Å². The Hall–Kier alpha value is -0.570. The van der Waals surface area contributed by atoms with E-state index in [-0.39, 0.29) is 6.54 Å². The minimum atomic E-state index is -0.761. The van der Waals surface area contributed by atoms with E-state index in [9.17, 15) is 4.79 Å². The summed E-state index contributed by atoms with van der Waals surface area (Å²) in [6, 6.07) is 0.394. The Morgan fingerprint density at radius 3 is 2.07 bits per heavy atom. The lowest BCUT2D eigenvalue weighted by atomic mass is 10.0. The lowest BCUT2D eigenvalue weighted by molar-refractivity contribution is -0.136. The molecular formula is C11H23NO2.